The number of carbonyl (C=O) groups is 1. The van der Waals surface area contributed by atoms with Crippen molar-refractivity contribution in [2.45, 2.75) is 45.3 Å². The number of amides is 1. The molecule has 1 aliphatic carbocycles. The monoisotopic (exact) mass is 368 g/mol. The number of benzene rings is 1. The van der Waals surface area contributed by atoms with Crippen molar-refractivity contribution in [3.05, 3.63) is 29.8 Å². The van der Waals surface area contributed by atoms with Gasteiger partial charge in [0, 0.05) is 36.9 Å². The Labute approximate surface area is 150 Å². The zero-order valence-electron chi connectivity index (χ0n) is 15.6. The van der Waals surface area contributed by atoms with E-state index in [2.05, 4.69) is 18.6 Å². The number of rotatable bonds is 7. The van der Waals surface area contributed by atoms with Gasteiger partial charge >= 0.3 is 0 Å². The van der Waals surface area contributed by atoms with Crippen molar-refractivity contribution in [3.63, 3.8) is 0 Å². The van der Waals surface area contributed by atoms with Gasteiger partial charge in [0.2, 0.25) is 10.0 Å². The molecule has 25 heavy (non-hydrogen) atoms. The minimum Gasteiger partial charge on any atom is -0.381 e. The van der Waals surface area contributed by atoms with E-state index >= 15 is 0 Å². The van der Waals surface area contributed by atoms with Crippen molar-refractivity contribution >= 4 is 21.6 Å². The van der Waals surface area contributed by atoms with Crippen LogP contribution < -0.4 is 4.72 Å². The highest BCUT2D eigenvalue weighted by Gasteiger charge is 2.55. The molecule has 1 N–H and O–H groups in total. The SMILES string of the molecule is CCC1(CC)C(OC)CC1N(C)C(=O)c1ccc(NS(C)(=O)=O)cc1. The van der Waals surface area contributed by atoms with Crippen LogP contribution in [0.4, 0.5) is 5.69 Å². The van der Waals surface area contributed by atoms with E-state index in [0.29, 0.717) is 11.3 Å². The summed E-state index contributed by atoms with van der Waals surface area (Å²) in [5.41, 5.74) is 0.988. The lowest BCUT2D eigenvalue weighted by atomic mass is 9.58. The quantitative estimate of drug-likeness (QED) is 0.803. The molecular formula is C18H28N2O4S. The minimum absolute atomic E-state index is 0.00303. The Hall–Kier alpha value is -1.60. The molecule has 2 unspecified atom stereocenters. The van der Waals surface area contributed by atoms with Crippen molar-refractivity contribution in [2.24, 2.45) is 5.41 Å². The summed E-state index contributed by atoms with van der Waals surface area (Å²) >= 11 is 0. The molecule has 0 saturated heterocycles. The summed E-state index contributed by atoms with van der Waals surface area (Å²) in [6.07, 6.45) is 4.04. The van der Waals surface area contributed by atoms with Crippen LogP contribution >= 0.6 is 0 Å². The number of sulfonamides is 1. The Morgan fingerprint density at radius 1 is 1.28 bits per heavy atom. The normalized spacial score (nSPS) is 22.1. The number of carbonyl (C=O) groups excluding carboxylic acids is 1. The summed E-state index contributed by atoms with van der Waals surface area (Å²) in [5, 5.41) is 0. The number of hydrogen-bond donors (Lipinski definition) is 1. The predicted molar refractivity (Wildman–Crippen MR) is 99.2 cm³/mol. The molecule has 7 heteroatoms. The van der Waals surface area contributed by atoms with Gasteiger partial charge in [-0.1, -0.05) is 13.8 Å². The van der Waals surface area contributed by atoms with Crippen LogP contribution in [0.5, 0.6) is 0 Å². The van der Waals surface area contributed by atoms with Crippen molar-refractivity contribution in [1.82, 2.24) is 4.90 Å². The lowest BCUT2D eigenvalue weighted by Gasteiger charge is -2.57. The number of hydrogen-bond acceptors (Lipinski definition) is 4. The molecule has 0 aliphatic heterocycles. The Morgan fingerprint density at radius 2 is 1.84 bits per heavy atom. The first-order valence-electron chi connectivity index (χ1n) is 8.56. The molecule has 0 bridgehead atoms. The summed E-state index contributed by atoms with van der Waals surface area (Å²) in [6.45, 7) is 4.29. The maximum absolute atomic E-state index is 12.8. The Balaban J connectivity index is 2.15. The summed E-state index contributed by atoms with van der Waals surface area (Å²) in [4.78, 5) is 14.6. The maximum Gasteiger partial charge on any atom is 0.253 e. The van der Waals surface area contributed by atoms with Gasteiger partial charge in [-0.25, -0.2) is 8.42 Å². The summed E-state index contributed by atoms with van der Waals surface area (Å²) < 4.78 is 30.5. The molecule has 1 aromatic carbocycles. The van der Waals surface area contributed by atoms with Gasteiger partial charge in [0.05, 0.1) is 12.4 Å². The topological polar surface area (TPSA) is 75.7 Å². The largest absolute Gasteiger partial charge is 0.381 e. The molecule has 0 aromatic heterocycles. The third kappa shape index (κ3) is 3.82. The van der Waals surface area contributed by atoms with Crippen LogP contribution in [0.1, 0.15) is 43.5 Å². The van der Waals surface area contributed by atoms with Crippen molar-refractivity contribution in [2.75, 3.05) is 25.1 Å². The highest BCUT2D eigenvalue weighted by molar-refractivity contribution is 7.92. The van der Waals surface area contributed by atoms with Gasteiger partial charge in [-0.3, -0.25) is 9.52 Å². The van der Waals surface area contributed by atoms with Gasteiger partial charge in [-0.2, -0.15) is 0 Å². The van der Waals surface area contributed by atoms with Gasteiger partial charge in [-0.05, 0) is 43.5 Å². The van der Waals surface area contributed by atoms with Gasteiger partial charge in [0.15, 0.2) is 0 Å². The van der Waals surface area contributed by atoms with E-state index in [0.717, 1.165) is 25.5 Å². The second-order valence-corrected chi connectivity index (χ2v) is 8.53. The molecule has 6 nitrogen and oxygen atoms in total. The van der Waals surface area contributed by atoms with Crippen LogP contribution in [-0.4, -0.2) is 51.8 Å². The van der Waals surface area contributed by atoms with Crippen LogP contribution in [0.15, 0.2) is 24.3 Å². The van der Waals surface area contributed by atoms with E-state index in [1.165, 1.54) is 0 Å². The molecule has 0 spiro atoms. The second-order valence-electron chi connectivity index (χ2n) is 6.78. The smallest absolute Gasteiger partial charge is 0.253 e. The van der Waals surface area contributed by atoms with Crippen LogP contribution in [-0.2, 0) is 14.8 Å². The third-order valence-corrected chi connectivity index (χ3v) is 6.17. The Kier molecular flexibility index (Phi) is 5.79. The predicted octanol–water partition coefficient (Wildman–Crippen LogP) is 2.72. The fourth-order valence-corrected chi connectivity index (χ4v) is 4.58. The first-order chi connectivity index (χ1) is 11.7. The highest BCUT2D eigenvalue weighted by Crippen LogP contribution is 2.51. The zero-order chi connectivity index (χ0) is 18.8. The molecule has 0 heterocycles. The van der Waals surface area contributed by atoms with Crippen molar-refractivity contribution in [3.8, 4) is 0 Å². The molecule has 1 aliphatic rings. The lowest BCUT2D eigenvalue weighted by molar-refractivity contribution is -0.147. The molecule has 1 amide bonds. The molecule has 1 saturated carbocycles. The van der Waals surface area contributed by atoms with E-state index in [-0.39, 0.29) is 23.5 Å². The van der Waals surface area contributed by atoms with Crippen molar-refractivity contribution < 1.29 is 17.9 Å². The molecule has 1 aromatic rings. The fourth-order valence-electron chi connectivity index (χ4n) is 4.02. The maximum atomic E-state index is 12.8. The number of nitrogens with zero attached hydrogens (tertiary/aromatic N) is 1. The van der Waals surface area contributed by atoms with E-state index in [1.807, 2.05) is 11.9 Å². The molecular weight excluding hydrogens is 340 g/mol. The van der Waals surface area contributed by atoms with Gasteiger partial charge in [0.1, 0.15) is 0 Å². The van der Waals surface area contributed by atoms with Gasteiger partial charge in [0.25, 0.3) is 5.91 Å². The molecule has 2 rings (SSSR count). The van der Waals surface area contributed by atoms with E-state index in [4.69, 9.17) is 4.74 Å². The average molecular weight is 368 g/mol. The molecule has 0 radical (unpaired) electrons. The number of ether oxygens (including phenoxy) is 1. The number of anilines is 1. The molecule has 2 atom stereocenters. The van der Waals surface area contributed by atoms with Crippen LogP contribution in [0.3, 0.4) is 0 Å². The third-order valence-electron chi connectivity index (χ3n) is 5.57. The van der Waals surface area contributed by atoms with Gasteiger partial charge in [-0.15, -0.1) is 0 Å². The first kappa shape index (κ1) is 19.7. The van der Waals surface area contributed by atoms with Gasteiger partial charge < -0.3 is 9.64 Å². The highest BCUT2D eigenvalue weighted by atomic mass is 32.2. The Bertz CT molecular complexity index is 711. The summed E-state index contributed by atoms with van der Waals surface area (Å²) in [5.74, 6) is -0.0586. The number of nitrogens with one attached hydrogen (secondary N) is 1. The zero-order valence-corrected chi connectivity index (χ0v) is 16.4. The average Bonchev–Trinajstić information content (AvgIpc) is 2.54. The summed E-state index contributed by atoms with van der Waals surface area (Å²) in [7, 11) is 0.242. The first-order valence-corrected chi connectivity index (χ1v) is 10.5. The second kappa shape index (κ2) is 7.33. The van der Waals surface area contributed by atoms with Crippen molar-refractivity contribution in [1.29, 1.82) is 0 Å². The number of methoxy groups -OCH3 is 1. The van der Waals surface area contributed by atoms with E-state index in [1.54, 1.807) is 31.4 Å². The van der Waals surface area contributed by atoms with E-state index in [9.17, 15) is 13.2 Å². The van der Waals surface area contributed by atoms with E-state index < -0.39 is 10.0 Å². The standard InChI is InChI=1S/C18H28N2O4S/c1-6-18(7-2)15(12-16(18)24-4)20(3)17(21)13-8-10-14(11-9-13)19-25(5,22)23/h8-11,15-16,19H,6-7,12H2,1-5H3. The van der Waals surface area contributed by atoms with Crippen LogP contribution in [0.25, 0.3) is 0 Å². The Morgan fingerprint density at radius 3 is 2.28 bits per heavy atom. The van der Waals surface area contributed by atoms with Crippen LogP contribution in [0.2, 0.25) is 0 Å². The summed E-state index contributed by atoms with van der Waals surface area (Å²) in [6, 6.07) is 6.66. The minimum atomic E-state index is -3.33. The van der Waals surface area contributed by atoms with Crippen LogP contribution in [0, 0.1) is 5.41 Å². The fraction of sp³-hybridized carbons (Fsp3) is 0.611. The lowest BCUT2D eigenvalue weighted by Crippen LogP contribution is -2.64. The molecule has 1 fully saturated rings. The molecule has 140 valence electrons.